The third-order valence-corrected chi connectivity index (χ3v) is 5.74. The van der Waals surface area contributed by atoms with Gasteiger partial charge in [-0.2, -0.15) is 0 Å². The van der Waals surface area contributed by atoms with Crippen molar-refractivity contribution in [3.05, 3.63) is 83.4 Å². The predicted octanol–water partition coefficient (Wildman–Crippen LogP) is 4.06. The van der Waals surface area contributed by atoms with Crippen LogP contribution in [0.3, 0.4) is 0 Å². The van der Waals surface area contributed by atoms with Crippen LogP contribution in [-0.2, 0) is 0 Å². The van der Waals surface area contributed by atoms with Crippen LogP contribution < -0.4 is 5.32 Å². The second-order valence-electron chi connectivity index (χ2n) is 7.41. The van der Waals surface area contributed by atoms with Crippen molar-refractivity contribution < 1.29 is 0 Å². The van der Waals surface area contributed by atoms with Crippen LogP contribution in [0.5, 0.6) is 0 Å². The number of halogens is 1. The lowest BCUT2D eigenvalue weighted by Crippen LogP contribution is -2.36. The first-order chi connectivity index (χ1) is 14.0. The second kappa shape index (κ2) is 8.53. The molecule has 0 spiro atoms. The fourth-order valence-electron chi connectivity index (χ4n) is 3.77. The Morgan fingerprint density at radius 2 is 2.00 bits per heavy atom. The summed E-state index contributed by atoms with van der Waals surface area (Å²) in [5.74, 6) is 0. The number of benzene rings is 1. The Morgan fingerprint density at radius 3 is 2.72 bits per heavy atom. The highest BCUT2D eigenvalue weighted by atomic mass is 35.5. The molecule has 0 saturated carbocycles. The van der Waals surface area contributed by atoms with Gasteiger partial charge in [-0.3, -0.25) is 4.98 Å². The summed E-state index contributed by atoms with van der Waals surface area (Å²) in [5.41, 5.74) is 3.16. The molecule has 5 nitrogen and oxygen atoms in total. The van der Waals surface area contributed by atoms with Gasteiger partial charge in [-0.1, -0.05) is 23.7 Å². The summed E-state index contributed by atoms with van der Waals surface area (Å²) in [6.45, 7) is 1.73. The highest BCUT2D eigenvalue weighted by Crippen LogP contribution is 2.39. The molecule has 0 amide bonds. The zero-order chi connectivity index (χ0) is 20.4. The molecule has 1 aromatic carbocycles. The first kappa shape index (κ1) is 19.9. The van der Waals surface area contributed by atoms with E-state index >= 15 is 0 Å². The summed E-state index contributed by atoms with van der Waals surface area (Å²) < 4.78 is 2.19. The van der Waals surface area contributed by atoms with Crippen molar-refractivity contribution in [3.63, 3.8) is 0 Å². The van der Waals surface area contributed by atoms with E-state index in [-0.39, 0.29) is 12.1 Å². The molecule has 4 rings (SSSR count). The quantitative estimate of drug-likeness (QED) is 0.602. The fraction of sp³-hybridized carbons (Fsp3) is 0.273. The van der Waals surface area contributed by atoms with Crippen molar-refractivity contribution in [1.82, 2.24) is 24.7 Å². The number of nitrogens with zero attached hydrogens (tertiary/aromatic N) is 4. The van der Waals surface area contributed by atoms with Crippen molar-refractivity contribution in [3.8, 4) is 5.69 Å². The van der Waals surface area contributed by atoms with E-state index in [1.54, 1.807) is 0 Å². The minimum Gasteiger partial charge on any atom is -0.352 e. The molecule has 1 fully saturated rings. The third-order valence-electron chi connectivity index (χ3n) is 5.16. The van der Waals surface area contributed by atoms with Gasteiger partial charge in [0.05, 0.1) is 17.8 Å². The maximum absolute atomic E-state index is 6.26. The second-order valence-corrected chi connectivity index (χ2v) is 8.23. The molecule has 150 valence electrons. The van der Waals surface area contributed by atoms with E-state index in [0.29, 0.717) is 5.02 Å². The summed E-state index contributed by atoms with van der Waals surface area (Å²) >= 11 is 12.0. The molecule has 1 N–H and O–H groups in total. The van der Waals surface area contributed by atoms with Gasteiger partial charge in [0.2, 0.25) is 0 Å². The molecule has 29 heavy (non-hydrogen) atoms. The average Bonchev–Trinajstić information content (AvgIpc) is 3.31. The molecular weight excluding hydrogens is 402 g/mol. The van der Waals surface area contributed by atoms with Crippen LogP contribution in [0.1, 0.15) is 23.5 Å². The van der Waals surface area contributed by atoms with Crippen molar-refractivity contribution in [1.29, 1.82) is 0 Å². The molecule has 0 unspecified atom stereocenters. The van der Waals surface area contributed by atoms with Gasteiger partial charge in [-0.15, -0.1) is 0 Å². The number of hydrogen-bond acceptors (Lipinski definition) is 3. The smallest absolute Gasteiger partial charge is 0.170 e. The minimum absolute atomic E-state index is 0.0198. The van der Waals surface area contributed by atoms with Gasteiger partial charge < -0.3 is 19.7 Å². The molecule has 0 aliphatic carbocycles. The lowest BCUT2D eigenvalue weighted by Gasteiger charge is -2.29. The van der Waals surface area contributed by atoms with Crippen LogP contribution in [0.2, 0.25) is 5.02 Å². The zero-order valence-electron chi connectivity index (χ0n) is 16.5. The average molecular weight is 426 g/mol. The molecule has 1 aliphatic rings. The number of hydrogen-bond donors (Lipinski definition) is 1. The molecule has 2 atom stereocenters. The lowest BCUT2D eigenvalue weighted by atomic mass is 10.0. The van der Waals surface area contributed by atoms with Crippen molar-refractivity contribution in [2.45, 2.75) is 12.1 Å². The summed E-state index contributed by atoms with van der Waals surface area (Å²) in [6, 6.07) is 18.1. The molecule has 2 aromatic heterocycles. The first-order valence-electron chi connectivity index (χ1n) is 9.60. The Balaban J connectivity index is 1.78. The topological polar surface area (TPSA) is 36.3 Å². The number of rotatable bonds is 6. The minimum atomic E-state index is -0.0290. The van der Waals surface area contributed by atoms with Crippen molar-refractivity contribution in [2.24, 2.45) is 0 Å². The number of pyridine rings is 1. The van der Waals surface area contributed by atoms with E-state index in [1.807, 2.05) is 36.5 Å². The van der Waals surface area contributed by atoms with Crippen LogP contribution in [-0.4, -0.2) is 51.6 Å². The molecule has 3 aromatic rings. The summed E-state index contributed by atoms with van der Waals surface area (Å²) in [5, 5.41) is 4.98. The molecular formula is C22H24ClN5S. The summed E-state index contributed by atoms with van der Waals surface area (Å²) in [6.07, 6.45) is 3.90. The largest absolute Gasteiger partial charge is 0.352 e. The number of nitrogens with one attached hydrogen (secondary N) is 1. The Bertz CT molecular complexity index is 988. The van der Waals surface area contributed by atoms with E-state index < -0.39 is 0 Å². The van der Waals surface area contributed by atoms with Crippen LogP contribution in [0, 0.1) is 0 Å². The molecule has 1 aliphatic heterocycles. The fourth-order valence-corrected chi connectivity index (χ4v) is 4.29. The van der Waals surface area contributed by atoms with E-state index in [4.69, 9.17) is 23.8 Å². The number of thiocarbonyl (C=S) groups is 1. The molecule has 7 heteroatoms. The van der Waals surface area contributed by atoms with Crippen molar-refractivity contribution in [2.75, 3.05) is 27.2 Å². The first-order valence-corrected chi connectivity index (χ1v) is 10.4. The van der Waals surface area contributed by atoms with Gasteiger partial charge in [0.25, 0.3) is 0 Å². The maximum atomic E-state index is 6.26. The zero-order valence-corrected chi connectivity index (χ0v) is 18.1. The normalized spacial score (nSPS) is 19.0. The maximum Gasteiger partial charge on any atom is 0.170 e. The molecule has 1 saturated heterocycles. The van der Waals surface area contributed by atoms with E-state index in [2.05, 4.69) is 69.2 Å². The van der Waals surface area contributed by atoms with Crippen LogP contribution in [0.15, 0.2) is 67.0 Å². The summed E-state index contributed by atoms with van der Waals surface area (Å²) in [7, 11) is 4.15. The van der Waals surface area contributed by atoms with E-state index in [9.17, 15) is 0 Å². The Labute approximate surface area is 181 Å². The number of aromatic nitrogens is 2. The van der Waals surface area contributed by atoms with Crippen LogP contribution >= 0.6 is 23.8 Å². The third kappa shape index (κ3) is 4.15. The lowest BCUT2D eigenvalue weighted by molar-refractivity contribution is 0.272. The van der Waals surface area contributed by atoms with Gasteiger partial charge in [-0.25, -0.2) is 0 Å². The summed E-state index contributed by atoms with van der Waals surface area (Å²) in [4.78, 5) is 9.05. The van der Waals surface area contributed by atoms with E-state index in [1.165, 1.54) is 0 Å². The number of likely N-dealkylation sites (N-methyl/N-ethyl adjacent to an activating group) is 1. The van der Waals surface area contributed by atoms with E-state index in [0.717, 1.165) is 35.3 Å². The Kier molecular flexibility index (Phi) is 5.85. The SMILES string of the molecule is CN(C)CCN1C(=S)N[C@@H](c2ccccn2)[C@H]1c1cccn1-c1cccc(Cl)c1. The predicted molar refractivity (Wildman–Crippen MR) is 121 cm³/mol. The Morgan fingerprint density at radius 1 is 1.14 bits per heavy atom. The van der Waals surface area contributed by atoms with Crippen LogP contribution in [0.4, 0.5) is 0 Å². The van der Waals surface area contributed by atoms with Crippen molar-refractivity contribution >= 4 is 28.9 Å². The highest BCUT2D eigenvalue weighted by molar-refractivity contribution is 7.80. The molecule has 3 heterocycles. The van der Waals surface area contributed by atoms with Crippen LogP contribution in [0.25, 0.3) is 5.69 Å². The van der Waals surface area contributed by atoms with Gasteiger partial charge >= 0.3 is 0 Å². The molecule has 0 bridgehead atoms. The highest BCUT2D eigenvalue weighted by Gasteiger charge is 2.41. The molecule has 0 radical (unpaired) electrons. The standard InChI is InChI=1S/C22H24ClN5S/c1-26(2)13-14-28-21(20(25-22(28)29)18-9-3-4-11-24-18)19-10-6-12-27(19)17-8-5-7-16(23)15-17/h3-12,15,20-21H,13-14H2,1-2H3,(H,25,29)/t20-,21+/m0/s1. The van der Waals surface area contributed by atoms with Gasteiger partial charge in [0.1, 0.15) is 0 Å². The monoisotopic (exact) mass is 425 g/mol. The van der Waals surface area contributed by atoms with Gasteiger partial charge in [0, 0.05) is 41.9 Å². The van der Waals surface area contributed by atoms with Gasteiger partial charge in [-0.05, 0) is 68.8 Å². The van der Waals surface area contributed by atoms with Gasteiger partial charge in [0.15, 0.2) is 5.11 Å². The Hall–Kier alpha value is -2.41.